The third kappa shape index (κ3) is 3.78. The summed E-state index contributed by atoms with van der Waals surface area (Å²) in [6, 6.07) is 7.71. The Hall–Kier alpha value is -0.910. The van der Waals surface area contributed by atoms with Gasteiger partial charge in [-0.05, 0) is 24.5 Å². The van der Waals surface area contributed by atoms with E-state index in [4.69, 9.17) is 10.5 Å². The Bertz CT molecular complexity index is 449. The van der Waals surface area contributed by atoms with Gasteiger partial charge in [-0.1, -0.05) is 34.1 Å². The highest BCUT2D eigenvalue weighted by Crippen LogP contribution is 2.30. The molecule has 0 radical (unpaired) electrons. The van der Waals surface area contributed by atoms with Crippen LogP contribution in [0.25, 0.3) is 0 Å². The van der Waals surface area contributed by atoms with Gasteiger partial charge in [-0.25, -0.2) is 0 Å². The summed E-state index contributed by atoms with van der Waals surface area (Å²) in [6.45, 7) is 0.861. The second kappa shape index (κ2) is 6.50. The van der Waals surface area contributed by atoms with Crippen molar-refractivity contribution in [3.63, 3.8) is 0 Å². The van der Waals surface area contributed by atoms with Gasteiger partial charge in [0.2, 0.25) is 5.91 Å². The van der Waals surface area contributed by atoms with Crippen molar-refractivity contribution in [1.82, 2.24) is 4.90 Å². The molecule has 104 valence electrons. The summed E-state index contributed by atoms with van der Waals surface area (Å²) in [7, 11) is 1.56. The van der Waals surface area contributed by atoms with E-state index >= 15 is 0 Å². The van der Waals surface area contributed by atoms with E-state index in [0.717, 1.165) is 22.9 Å². The maximum atomic E-state index is 12.3. The van der Waals surface area contributed by atoms with E-state index in [0.29, 0.717) is 12.6 Å². The van der Waals surface area contributed by atoms with Gasteiger partial charge >= 0.3 is 0 Å². The summed E-state index contributed by atoms with van der Waals surface area (Å²) in [5.41, 5.74) is 6.96. The molecule has 1 saturated carbocycles. The molecule has 0 saturated heterocycles. The van der Waals surface area contributed by atoms with Crippen molar-refractivity contribution in [2.24, 2.45) is 5.73 Å². The summed E-state index contributed by atoms with van der Waals surface area (Å²) in [6.07, 6.45) is 2.13. The van der Waals surface area contributed by atoms with Crippen LogP contribution < -0.4 is 5.73 Å². The molecule has 5 heteroatoms. The zero-order valence-electron chi connectivity index (χ0n) is 11.0. The van der Waals surface area contributed by atoms with Crippen LogP contribution in [-0.4, -0.2) is 36.6 Å². The van der Waals surface area contributed by atoms with Crippen LogP contribution >= 0.6 is 15.9 Å². The van der Waals surface area contributed by atoms with E-state index in [1.165, 1.54) is 0 Å². The van der Waals surface area contributed by atoms with Gasteiger partial charge in [0.15, 0.2) is 0 Å². The minimum atomic E-state index is -0.576. The third-order valence-corrected chi connectivity index (χ3v) is 4.01. The fraction of sp³-hybridized carbons (Fsp3) is 0.500. The van der Waals surface area contributed by atoms with Gasteiger partial charge in [0.05, 0.1) is 6.61 Å². The van der Waals surface area contributed by atoms with Gasteiger partial charge in [0.1, 0.15) is 6.04 Å². The fourth-order valence-electron chi connectivity index (χ4n) is 2.05. The highest BCUT2D eigenvalue weighted by atomic mass is 79.9. The Balaban J connectivity index is 2.08. The summed E-state index contributed by atoms with van der Waals surface area (Å²) in [5.74, 6) is -0.0277. The van der Waals surface area contributed by atoms with Gasteiger partial charge in [0.25, 0.3) is 0 Å². The first-order chi connectivity index (χ1) is 9.13. The van der Waals surface area contributed by atoms with Crippen molar-refractivity contribution >= 4 is 21.8 Å². The van der Waals surface area contributed by atoms with E-state index in [2.05, 4.69) is 15.9 Å². The number of halogens is 1. The van der Waals surface area contributed by atoms with Crippen molar-refractivity contribution in [2.75, 3.05) is 13.7 Å². The third-order valence-electron chi connectivity index (χ3n) is 3.23. The van der Waals surface area contributed by atoms with Gasteiger partial charge < -0.3 is 15.4 Å². The predicted molar refractivity (Wildman–Crippen MR) is 77.6 cm³/mol. The van der Waals surface area contributed by atoms with Crippen molar-refractivity contribution < 1.29 is 9.53 Å². The lowest BCUT2D eigenvalue weighted by Gasteiger charge is -2.26. The molecule has 2 N–H and O–H groups in total. The lowest BCUT2D eigenvalue weighted by molar-refractivity contribution is -0.135. The van der Waals surface area contributed by atoms with E-state index < -0.39 is 6.04 Å². The van der Waals surface area contributed by atoms with E-state index in [1.54, 1.807) is 7.11 Å². The average molecular weight is 327 g/mol. The van der Waals surface area contributed by atoms with E-state index in [9.17, 15) is 4.79 Å². The van der Waals surface area contributed by atoms with Gasteiger partial charge in [-0.2, -0.15) is 0 Å². The van der Waals surface area contributed by atoms with Gasteiger partial charge in [0, 0.05) is 24.2 Å². The number of amides is 1. The molecule has 1 aromatic carbocycles. The molecule has 1 unspecified atom stereocenters. The Morgan fingerprint density at radius 2 is 2.21 bits per heavy atom. The largest absolute Gasteiger partial charge is 0.383 e. The molecule has 1 fully saturated rings. The minimum Gasteiger partial charge on any atom is -0.383 e. The SMILES string of the molecule is COCC(N)C(=O)N(Cc1ccccc1Br)C1CC1. The average Bonchev–Trinajstić information content (AvgIpc) is 3.21. The lowest BCUT2D eigenvalue weighted by Crippen LogP contribution is -2.46. The Morgan fingerprint density at radius 3 is 2.79 bits per heavy atom. The zero-order chi connectivity index (χ0) is 13.8. The normalized spacial score (nSPS) is 16.2. The molecule has 0 aliphatic heterocycles. The molecule has 1 aliphatic rings. The summed E-state index contributed by atoms with van der Waals surface area (Å²) in [5, 5.41) is 0. The number of rotatable bonds is 6. The summed E-state index contributed by atoms with van der Waals surface area (Å²) < 4.78 is 5.99. The Morgan fingerprint density at radius 1 is 1.53 bits per heavy atom. The van der Waals surface area contributed by atoms with E-state index in [-0.39, 0.29) is 12.5 Å². The van der Waals surface area contributed by atoms with Crippen LogP contribution in [-0.2, 0) is 16.1 Å². The maximum Gasteiger partial charge on any atom is 0.242 e. The molecule has 1 aliphatic carbocycles. The first-order valence-electron chi connectivity index (χ1n) is 6.42. The van der Waals surface area contributed by atoms with Crippen molar-refractivity contribution in [1.29, 1.82) is 0 Å². The van der Waals surface area contributed by atoms with Crippen molar-refractivity contribution in [2.45, 2.75) is 31.5 Å². The quantitative estimate of drug-likeness (QED) is 0.868. The van der Waals surface area contributed by atoms with Crippen molar-refractivity contribution in [3.05, 3.63) is 34.3 Å². The fourth-order valence-corrected chi connectivity index (χ4v) is 2.46. The first kappa shape index (κ1) is 14.5. The van der Waals surface area contributed by atoms with E-state index in [1.807, 2.05) is 29.2 Å². The highest BCUT2D eigenvalue weighted by molar-refractivity contribution is 9.10. The molecular weight excluding hydrogens is 308 g/mol. The molecule has 19 heavy (non-hydrogen) atoms. The molecule has 4 nitrogen and oxygen atoms in total. The number of carbonyl (C=O) groups is 1. The molecular formula is C14H19BrN2O2. The second-order valence-electron chi connectivity index (χ2n) is 4.85. The lowest BCUT2D eigenvalue weighted by atomic mass is 10.2. The number of methoxy groups -OCH3 is 1. The van der Waals surface area contributed by atoms with Crippen LogP contribution in [0.5, 0.6) is 0 Å². The van der Waals surface area contributed by atoms with Gasteiger partial charge in [-0.15, -0.1) is 0 Å². The zero-order valence-corrected chi connectivity index (χ0v) is 12.6. The number of carbonyl (C=O) groups excluding carboxylic acids is 1. The molecule has 0 heterocycles. The molecule has 2 rings (SSSR count). The summed E-state index contributed by atoms with van der Waals surface area (Å²) in [4.78, 5) is 14.2. The number of benzene rings is 1. The number of ether oxygens (including phenoxy) is 1. The standard InChI is InChI=1S/C14H19BrN2O2/c1-19-9-13(16)14(18)17(11-6-7-11)8-10-4-2-3-5-12(10)15/h2-5,11,13H,6-9,16H2,1H3. The number of nitrogens with zero attached hydrogens (tertiary/aromatic N) is 1. The number of hydrogen-bond acceptors (Lipinski definition) is 3. The second-order valence-corrected chi connectivity index (χ2v) is 5.70. The minimum absolute atomic E-state index is 0.0277. The smallest absolute Gasteiger partial charge is 0.242 e. The topological polar surface area (TPSA) is 55.6 Å². The summed E-state index contributed by atoms with van der Waals surface area (Å²) >= 11 is 3.52. The number of hydrogen-bond donors (Lipinski definition) is 1. The van der Waals surface area contributed by atoms with Crippen LogP contribution in [0.4, 0.5) is 0 Å². The Kier molecular flexibility index (Phi) is 4.96. The molecule has 0 aromatic heterocycles. The van der Waals surface area contributed by atoms with Gasteiger partial charge in [-0.3, -0.25) is 4.79 Å². The maximum absolute atomic E-state index is 12.3. The first-order valence-corrected chi connectivity index (χ1v) is 7.21. The number of nitrogens with two attached hydrogens (primary N) is 1. The highest BCUT2D eigenvalue weighted by Gasteiger charge is 2.34. The predicted octanol–water partition coefficient (Wildman–Crippen LogP) is 1.91. The molecule has 1 atom stereocenters. The Labute approximate surface area is 122 Å². The van der Waals surface area contributed by atoms with Crippen LogP contribution in [0.1, 0.15) is 18.4 Å². The molecule has 0 bridgehead atoms. The molecule has 1 aromatic rings. The van der Waals surface area contributed by atoms with Crippen LogP contribution in [0.2, 0.25) is 0 Å². The van der Waals surface area contributed by atoms with Crippen LogP contribution in [0.15, 0.2) is 28.7 Å². The van der Waals surface area contributed by atoms with Crippen LogP contribution in [0.3, 0.4) is 0 Å². The molecule has 1 amide bonds. The molecule has 0 spiro atoms. The van der Waals surface area contributed by atoms with Crippen molar-refractivity contribution in [3.8, 4) is 0 Å². The van der Waals surface area contributed by atoms with Crippen LogP contribution in [0, 0.1) is 0 Å². The monoisotopic (exact) mass is 326 g/mol.